The smallest absolute Gasteiger partial charge is 0.369 e. The highest BCUT2D eigenvalue weighted by Crippen LogP contribution is 2.49. The van der Waals surface area contributed by atoms with Crippen LogP contribution < -0.4 is 10.3 Å². The number of benzene rings is 3. The van der Waals surface area contributed by atoms with Gasteiger partial charge in [0.2, 0.25) is 5.91 Å². The molecule has 5 nitrogen and oxygen atoms in total. The number of halogens is 7. The second-order valence-electron chi connectivity index (χ2n) is 8.65. The molecule has 0 saturated heterocycles. The molecule has 1 aliphatic rings. The predicted molar refractivity (Wildman–Crippen MR) is 132 cm³/mol. The molecule has 1 heterocycles. The lowest BCUT2D eigenvalue weighted by Crippen LogP contribution is -2.62. The molecule has 3 aromatic carbocycles. The number of aliphatic hydroxyl groups is 1. The minimum absolute atomic E-state index is 0.0564. The summed E-state index contributed by atoms with van der Waals surface area (Å²) < 4.78 is 81.7. The molecule has 200 valence electrons. The Bertz CT molecular complexity index is 1340. The van der Waals surface area contributed by atoms with Gasteiger partial charge >= 0.3 is 12.4 Å². The molecule has 0 aromatic heterocycles. The van der Waals surface area contributed by atoms with Crippen LogP contribution in [0.2, 0.25) is 5.02 Å². The van der Waals surface area contributed by atoms with Crippen molar-refractivity contribution in [3.63, 3.8) is 0 Å². The number of carbonyl (C=O) groups excluding carboxylic acids is 1. The number of hydrogen-bond donors (Lipinski definition) is 2. The highest BCUT2D eigenvalue weighted by molar-refractivity contribution is 6.33. The number of anilines is 2. The van der Waals surface area contributed by atoms with E-state index in [2.05, 4.69) is 10.4 Å². The third-order valence-corrected chi connectivity index (χ3v) is 6.40. The first-order chi connectivity index (χ1) is 17.7. The molecule has 0 aliphatic carbocycles. The van der Waals surface area contributed by atoms with E-state index in [0.717, 1.165) is 10.6 Å². The van der Waals surface area contributed by atoms with Crippen LogP contribution in [0.1, 0.15) is 24.9 Å². The van der Waals surface area contributed by atoms with Gasteiger partial charge in [0.15, 0.2) is 0 Å². The van der Waals surface area contributed by atoms with Gasteiger partial charge < -0.3 is 10.4 Å². The molecule has 1 atom stereocenters. The summed E-state index contributed by atoms with van der Waals surface area (Å²) in [6.45, 7) is 1.38. The summed E-state index contributed by atoms with van der Waals surface area (Å²) in [4.78, 5) is 11.2. The van der Waals surface area contributed by atoms with E-state index >= 15 is 0 Å². The van der Waals surface area contributed by atoms with Crippen molar-refractivity contribution in [3.05, 3.63) is 83.4 Å². The molecular formula is C26H20ClF6N3O2. The van der Waals surface area contributed by atoms with Crippen molar-refractivity contribution in [2.75, 3.05) is 10.3 Å². The minimum Gasteiger partial charge on any atom is -0.369 e. The average Bonchev–Trinajstić information content (AvgIpc) is 3.28. The van der Waals surface area contributed by atoms with Crippen molar-refractivity contribution in [3.8, 4) is 11.1 Å². The maximum absolute atomic E-state index is 13.6. The maximum atomic E-state index is 13.6. The number of hydrogen-bond acceptors (Lipinski definition) is 4. The zero-order chi connectivity index (χ0) is 27.9. The average molecular weight is 556 g/mol. The summed E-state index contributed by atoms with van der Waals surface area (Å²) in [6, 6.07) is 18.1. The lowest BCUT2D eigenvalue weighted by atomic mass is 9.89. The van der Waals surface area contributed by atoms with E-state index in [9.17, 15) is 36.2 Å². The van der Waals surface area contributed by atoms with Gasteiger partial charge in [-0.2, -0.15) is 31.4 Å². The van der Waals surface area contributed by atoms with Gasteiger partial charge in [-0.15, -0.1) is 0 Å². The van der Waals surface area contributed by atoms with Gasteiger partial charge in [0, 0.05) is 19.0 Å². The summed E-state index contributed by atoms with van der Waals surface area (Å²) in [5.41, 5.74) is -4.11. The fourth-order valence-corrected chi connectivity index (χ4v) is 4.41. The first kappa shape index (κ1) is 27.5. The van der Waals surface area contributed by atoms with Crippen LogP contribution in [0.4, 0.5) is 37.7 Å². The van der Waals surface area contributed by atoms with Gasteiger partial charge in [0.25, 0.3) is 5.60 Å². The van der Waals surface area contributed by atoms with Gasteiger partial charge in [-0.1, -0.05) is 60.1 Å². The molecule has 1 aliphatic heterocycles. The van der Waals surface area contributed by atoms with E-state index in [1.165, 1.54) is 25.1 Å². The van der Waals surface area contributed by atoms with Crippen LogP contribution >= 0.6 is 11.6 Å². The van der Waals surface area contributed by atoms with Gasteiger partial charge in [0.05, 0.1) is 22.5 Å². The number of hydrazone groups is 1. The molecule has 0 fully saturated rings. The molecule has 0 radical (unpaired) electrons. The summed E-state index contributed by atoms with van der Waals surface area (Å²) in [6.07, 6.45) is -13.0. The molecule has 0 bridgehead atoms. The van der Waals surface area contributed by atoms with Gasteiger partial charge in [-0.05, 0) is 41.0 Å². The molecule has 0 saturated carbocycles. The maximum Gasteiger partial charge on any atom is 0.431 e. The Morgan fingerprint density at radius 3 is 1.95 bits per heavy atom. The van der Waals surface area contributed by atoms with E-state index in [1.807, 2.05) is 0 Å². The summed E-state index contributed by atoms with van der Waals surface area (Å²) in [5, 5.41) is 17.3. The first-order valence-electron chi connectivity index (χ1n) is 11.2. The van der Waals surface area contributed by atoms with Crippen molar-refractivity contribution in [1.82, 2.24) is 0 Å². The highest BCUT2D eigenvalue weighted by Gasteiger charge is 2.74. The summed E-state index contributed by atoms with van der Waals surface area (Å²) in [5.74, 6) is -0.230. The normalized spacial score (nSPS) is 16.4. The van der Waals surface area contributed by atoms with Gasteiger partial charge in [-0.3, -0.25) is 9.80 Å². The number of nitrogens with one attached hydrogen (secondary N) is 1. The third kappa shape index (κ3) is 5.08. The highest BCUT2D eigenvalue weighted by atomic mass is 35.5. The number of para-hydroxylation sites is 1. The molecule has 4 rings (SSSR count). The number of rotatable bonds is 5. The van der Waals surface area contributed by atoms with Crippen LogP contribution in [0.15, 0.2) is 77.9 Å². The molecule has 3 aromatic rings. The van der Waals surface area contributed by atoms with E-state index < -0.39 is 36.1 Å². The Morgan fingerprint density at radius 1 is 0.921 bits per heavy atom. The van der Waals surface area contributed by atoms with Crippen molar-refractivity contribution in [2.45, 2.75) is 37.3 Å². The SMILES string of the molecule is CC(=O)Nc1ccc(-c2ccc(C3CC(C(O)(C(F)(F)F)C(F)(F)F)=NN3c3ccccc3Cl)cc2)cc1. The topological polar surface area (TPSA) is 64.9 Å². The lowest BCUT2D eigenvalue weighted by Gasteiger charge is -2.32. The third-order valence-electron chi connectivity index (χ3n) is 6.08. The quantitative estimate of drug-likeness (QED) is 0.329. The van der Waals surface area contributed by atoms with Crippen LogP contribution in [-0.2, 0) is 4.79 Å². The number of nitrogens with zero attached hydrogens (tertiary/aromatic N) is 2. The fourth-order valence-electron chi connectivity index (χ4n) is 4.18. The van der Waals surface area contributed by atoms with Gasteiger partial charge in [-0.25, -0.2) is 0 Å². The number of amides is 1. The molecular weight excluding hydrogens is 536 g/mol. The Balaban J connectivity index is 1.72. The Hall–Kier alpha value is -3.57. The zero-order valence-corrected chi connectivity index (χ0v) is 20.4. The summed E-state index contributed by atoms with van der Waals surface area (Å²) >= 11 is 6.20. The molecule has 0 spiro atoms. The van der Waals surface area contributed by atoms with Crippen molar-refractivity contribution in [1.29, 1.82) is 0 Å². The van der Waals surface area contributed by atoms with Gasteiger partial charge in [0.1, 0.15) is 0 Å². The van der Waals surface area contributed by atoms with Crippen molar-refractivity contribution >= 4 is 34.6 Å². The Labute approximate surface area is 218 Å². The standard InChI is InChI=1S/C26H20ClF6N3O2/c1-15(37)34-19-12-10-17(11-13-19)16-6-8-18(9-7-16)22-14-23(24(38,25(28,29)30)26(31,32)33)35-36(22)21-5-3-2-4-20(21)27/h2-13,22,38H,14H2,1H3,(H,34,37). The van der Waals surface area contributed by atoms with Crippen LogP contribution in [0.3, 0.4) is 0 Å². The second-order valence-corrected chi connectivity index (χ2v) is 9.06. The van der Waals surface area contributed by atoms with Crippen LogP contribution in [-0.4, -0.2) is 34.7 Å². The minimum atomic E-state index is -6.06. The number of alkyl halides is 6. The van der Waals surface area contributed by atoms with E-state index in [0.29, 0.717) is 16.8 Å². The number of carbonyl (C=O) groups is 1. The first-order valence-corrected chi connectivity index (χ1v) is 11.6. The largest absolute Gasteiger partial charge is 0.431 e. The Morgan fingerprint density at radius 2 is 1.45 bits per heavy atom. The lowest BCUT2D eigenvalue weighted by molar-refractivity contribution is -0.338. The van der Waals surface area contributed by atoms with Crippen LogP contribution in [0.5, 0.6) is 0 Å². The second kappa shape index (κ2) is 9.95. The van der Waals surface area contributed by atoms with E-state index in [-0.39, 0.29) is 16.6 Å². The predicted octanol–water partition coefficient (Wildman–Crippen LogP) is 7.13. The van der Waals surface area contributed by atoms with E-state index in [4.69, 9.17) is 11.6 Å². The molecule has 12 heteroatoms. The summed E-state index contributed by atoms with van der Waals surface area (Å²) in [7, 11) is 0. The molecule has 1 amide bonds. The van der Waals surface area contributed by atoms with Crippen LogP contribution in [0.25, 0.3) is 11.1 Å². The molecule has 38 heavy (non-hydrogen) atoms. The van der Waals surface area contributed by atoms with Crippen LogP contribution in [0, 0.1) is 0 Å². The zero-order valence-electron chi connectivity index (χ0n) is 19.6. The van der Waals surface area contributed by atoms with Crippen molar-refractivity contribution in [2.24, 2.45) is 5.10 Å². The van der Waals surface area contributed by atoms with Crippen molar-refractivity contribution < 1.29 is 36.2 Å². The Kier molecular flexibility index (Phi) is 7.19. The van der Waals surface area contributed by atoms with E-state index in [1.54, 1.807) is 54.6 Å². The molecule has 2 N–H and O–H groups in total. The fraction of sp³-hybridized carbons (Fsp3) is 0.231. The monoisotopic (exact) mass is 555 g/mol. The molecule has 1 unspecified atom stereocenters.